The Morgan fingerprint density at radius 1 is 1.11 bits per heavy atom. The summed E-state index contributed by atoms with van der Waals surface area (Å²) in [4.78, 5) is 4.52. The molecular formula is C16H16BrN. The molecule has 92 valence electrons. The summed E-state index contributed by atoms with van der Waals surface area (Å²) < 4.78 is 1.09. The van der Waals surface area contributed by atoms with E-state index in [0.717, 1.165) is 28.6 Å². The van der Waals surface area contributed by atoms with Gasteiger partial charge in [-0.15, -0.1) is 0 Å². The van der Waals surface area contributed by atoms with Crippen molar-refractivity contribution in [2.24, 2.45) is 0 Å². The summed E-state index contributed by atoms with van der Waals surface area (Å²) in [7, 11) is 0. The first-order valence-corrected chi connectivity index (χ1v) is 6.91. The molecule has 0 N–H and O–H groups in total. The molecule has 0 bridgehead atoms. The summed E-state index contributed by atoms with van der Waals surface area (Å²) in [5, 5.41) is 0. The van der Waals surface area contributed by atoms with Crippen molar-refractivity contribution in [3.8, 4) is 11.3 Å². The predicted molar refractivity (Wildman–Crippen MR) is 80.5 cm³/mol. The Balaban J connectivity index is 2.09. The smallest absolute Gasteiger partial charge is 0.0702 e. The molecule has 2 rings (SSSR count). The maximum atomic E-state index is 4.52. The highest BCUT2D eigenvalue weighted by Gasteiger charge is 1.99. The average molecular weight is 302 g/mol. The van der Waals surface area contributed by atoms with Gasteiger partial charge in [-0.3, -0.25) is 4.98 Å². The molecule has 0 saturated heterocycles. The standard InChI is InChI=1S/C16H16BrN/c1-2-3-4-5-13-6-11-16(18-12-13)14-7-9-15(17)10-8-14/h2-3,6-12H,4-5H2,1H3/b3-2+. The number of halogens is 1. The summed E-state index contributed by atoms with van der Waals surface area (Å²) in [5.41, 5.74) is 3.46. The molecule has 0 spiro atoms. The number of pyridine rings is 1. The van der Waals surface area contributed by atoms with Crippen LogP contribution in [0.15, 0.2) is 59.2 Å². The van der Waals surface area contributed by atoms with Gasteiger partial charge in [-0.2, -0.15) is 0 Å². The Morgan fingerprint density at radius 2 is 1.89 bits per heavy atom. The number of nitrogens with zero attached hydrogens (tertiary/aromatic N) is 1. The van der Waals surface area contributed by atoms with Crippen LogP contribution in [0.2, 0.25) is 0 Å². The molecule has 0 aliphatic heterocycles. The SMILES string of the molecule is C/C=C/CCc1ccc(-c2ccc(Br)cc2)nc1. The normalized spacial score (nSPS) is 11.0. The van der Waals surface area contributed by atoms with Crippen molar-refractivity contribution < 1.29 is 0 Å². The van der Waals surface area contributed by atoms with Crippen LogP contribution in [0.1, 0.15) is 18.9 Å². The minimum Gasteiger partial charge on any atom is -0.256 e. The fraction of sp³-hybridized carbons (Fsp3) is 0.188. The molecule has 0 unspecified atom stereocenters. The lowest BCUT2D eigenvalue weighted by atomic mass is 10.1. The second kappa shape index (κ2) is 6.50. The Bertz CT molecular complexity index is 512. The monoisotopic (exact) mass is 301 g/mol. The molecule has 0 aliphatic rings. The topological polar surface area (TPSA) is 12.9 Å². The van der Waals surface area contributed by atoms with Crippen molar-refractivity contribution in [3.63, 3.8) is 0 Å². The van der Waals surface area contributed by atoms with Crippen LogP contribution in [0.4, 0.5) is 0 Å². The number of benzene rings is 1. The first-order valence-electron chi connectivity index (χ1n) is 6.11. The molecular weight excluding hydrogens is 286 g/mol. The van der Waals surface area contributed by atoms with Gasteiger partial charge in [-0.05, 0) is 43.5 Å². The Morgan fingerprint density at radius 3 is 2.50 bits per heavy atom. The van der Waals surface area contributed by atoms with E-state index >= 15 is 0 Å². The highest BCUT2D eigenvalue weighted by Crippen LogP contribution is 2.20. The second-order valence-electron chi connectivity index (χ2n) is 4.17. The largest absolute Gasteiger partial charge is 0.256 e. The minimum atomic E-state index is 1.03. The summed E-state index contributed by atoms with van der Waals surface area (Å²) in [6.45, 7) is 2.05. The van der Waals surface area contributed by atoms with E-state index in [4.69, 9.17) is 0 Å². The van der Waals surface area contributed by atoms with Gasteiger partial charge in [-0.1, -0.05) is 46.3 Å². The molecule has 0 radical (unpaired) electrons. The van der Waals surface area contributed by atoms with E-state index < -0.39 is 0 Å². The van der Waals surface area contributed by atoms with Gasteiger partial charge in [0, 0.05) is 16.2 Å². The molecule has 1 aromatic heterocycles. The number of hydrogen-bond donors (Lipinski definition) is 0. The minimum absolute atomic E-state index is 1.03. The third-order valence-corrected chi connectivity index (χ3v) is 3.33. The quantitative estimate of drug-likeness (QED) is 0.723. The molecule has 18 heavy (non-hydrogen) atoms. The molecule has 1 heterocycles. The summed E-state index contributed by atoms with van der Waals surface area (Å²) in [6, 6.07) is 12.5. The Labute approximate surface area is 117 Å². The Hall–Kier alpha value is -1.41. The van der Waals surface area contributed by atoms with Crippen LogP contribution in [-0.4, -0.2) is 4.98 Å². The van der Waals surface area contributed by atoms with Gasteiger partial charge in [-0.25, -0.2) is 0 Å². The maximum Gasteiger partial charge on any atom is 0.0702 e. The van der Waals surface area contributed by atoms with Gasteiger partial charge in [0.2, 0.25) is 0 Å². The zero-order valence-electron chi connectivity index (χ0n) is 10.4. The van der Waals surface area contributed by atoms with Crippen molar-refractivity contribution in [1.82, 2.24) is 4.98 Å². The van der Waals surface area contributed by atoms with Crippen LogP contribution in [0.5, 0.6) is 0 Å². The van der Waals surface area contributed by atoms with E-state index in [1.165, 1.54) is 5.56 Å². The lowest BCUT2D eigenvalue weighted by Gasteiger charge is -2.03. The van der Waals surface area contributed by atoms with Crippen molar-refractivity contribution in [1.29, 1.82) is 0 Å². The van der Waals surface area contributed by atoms with Crippen molar-refractivity contribution in [2.45, 2.75) is 19.8 Å². The van der Waals surface area contributed by atoms with Gasteiger partial charge in [0.25, 0.3) is 0 Å². The lowest BCUT2D eigenvalue weighted by molar-refractivity contribution is 0.986. The molecule has 0 fully saturated rings. The second-order valence-corrected chi connectivity index (χ2v) is 5.08. The van der Waals surface area contributed by atoms with E-state index in [9.17, 15) is 0 Å². The van der Waals surface area contributed by atoms with E-state index in [1.54, 1.807) is 0 Å². The molecule has 0 aliphatic carbocycles. The number of allylic oxidation sites excluding steroid dienone is 2. The number of rotatable bonds is 4. The molecule has 1 nitrogen and oxygen atoms in total. The van der Waals surface area contributed by atoms with Crippen molar-refractivity contribution in [2.75, 3.05) is 0 Å². The summed E-state index contributed by atoms with van der Waals surface area (Å²) >= 11 is 3.44. The third kappa shape index (κ3) is 3.54. The van der Waals surface area contributed by atoms with Gasteiger partial charge in [0.05, 0.1) is 5.69 Å². The van der Waals surface area contributed by atoms with Crippen molar-refractivity contribution >= 4 is 15.9 Å². The van der Waals surface area contributed by atoms with Gasteiger partial charge >= 0.3 is 0 Å². The molecule has 0 amide bonds. The van der Waals surface area contributed by atoms with Crippen LogP contribution in [0.3, 0.4) is 0 Å². The highest BCUT2D eigenvalue weighted by molar-refractivity contribution is 9.10. The Kier molecular flexibility index (Phi) is 4.71. The first-order chi connectivity index (χ1) is 8.79. The fourth-order valence-corrected chi connectivity index (χ4v) is 2.04. The van der Waals surface area contributed by atoms with Crippen LogP contribution < -0.4 is 0 Å². The fourth-order valence-electron chi connectivity index (χ4n) is 1.78. The van der Waals surface area contributed by atoms with E-state index in [0.29, 0.717) is 0 Å². The molecule has 0 atom stereocenters. The maximum absolute atomic E-state index is 4.52. The lowest BCUT2D eigenvalue weighted by Crippen LogP contribution is -1.88. The molecule has 0 saturated carbocycles. The van der Waals surface area contributed by atoms with Crippen LogP contribution in [0, 0.1) is 0 Å². The summed E-state index contributed by atoms with van der Waals surface area (Å²) in [6.07, 6.45) is 8.38. The predicted octanol–water partition coefficient (Wildman–Crippen LogP) is 5.02. The zero-order chi connectivity index (χ0) is 12.8. The number of hydrogen-bond acceptors (Lipinski definition) is 1. The van der Waals surface area contributed by atoms with E-state index in [1.807, 2.05) is 18.3 Å². The number of aryl methyl sites for hydroxylation is 1. The highest BCUT2D eigenvalue weighted by atomic mass is 79.9. The van der Waals surface area contributed by atoms with Gasteiger partial charge in [0.1, 0.15) is 0 Å². The molecule has 2 heteroatoms. The third-order valence-electron chi connectivity index (χ3n) is 2.80. The average Bonchev–Trinajstić information content (AvgIpc) is 2.41. The van der Waals surface area contributed by atoms with Crippen LogP contribution in [0.25, 0.3) is 11.3 Å². The summed E-state index contributed by atoms with van der Waals surface area (Å²) in [5.74, 6) is 0. The van der Waals surface area contributed by atoms with E-state index in [2.05, 4.69) is 64.3 Å². The first kappa shape index (κ1) is 13.0. The van der Waals surface area contributed by atoms with Gasteiger partial charge < -0.3 is 0 Å². The molecule has 1 aromatic carbocycles. The van der Waals surface area contributed by atoms with Crippen LogP contribution in [-0.2, 0) is 6.42 Å². The van der Waals surface area contributed by atoms with Crippen LogP contribution >= 0.6 is 15.9 Å². The zero-order valence-corrected chi connectivity index (χ0v) is 12.0. The molecule has 2 aromatic rings. The van der Waals surface area contributed by atoms with Crippen molar-refractivity contribution in [3.05, 3.63) is 64.8 Å². The number of aromatic nitrogens is 1. The van der Waals surface area contributed by atoms with E-state index in [-0.39, 0.29) is 0 Å². The van der Waals surface area contributed by atoms with Gasteiger partial charge in [0.15, 0.2) is 0 Å².